The second-order valence-electron chi connectivity index (χ2n) is 6.99. The average Bonchev–Trinajstić information content (AvgIpc) is 2.67. The molecule has 1 aliphatic carbocycles. The second-order valence-corrected chi connectivity index (χ2v) is 9.04. The molecule has 7 nitrogen and oxygen atoms in total. The Hall–Kier alpha value is -1.69. The molecule has 1 fully saturated rings. The lowest BCUT2D eigenvalue weighted by Gasteiger charge is -2.28. The van der Waals surface area contributed by atoms with E-state index in [0.717, 1.165) is 37.7 Å². The smallest absolute Gasteiger partial charge is 0.335 e. The van der Waals surface area contributed by atoms with Crippen molar-refractivity contribution in [3.63, 3.8) is 0 Å². The van der Waals surface area contributed by atoms with Gasteiger partial charge in [0.1, 0.15) is 6.04 Å². The van der Waals surface area contributed by atoms with Gasteiger partial charge in [-0.1, -0.05) is 31.4 Å². The number of carbonyl (C=O) groups excluding carboxylic acids is 1. The number of carboxylic acids is 1. The number of carbonyl (C=O) groups is 2. The van der Waals surface area contributed by atoms with Gasteiger partial charge in [0.25, 0.3) is 5.91 Å². The van der Waals surface area contributed by atoms with Gasteiger partial charge in [-0.05, 0) is 50.3 Å². The van der Waals surface area contributed by atoms with Crippen LogP contribution in [0.2, 0.25) is 0 Å². The third kappa shape index (κ3) is 6.43. The number of benzene rings is 1. The molecule has 28 heavy (non-hydrogen) atoms. The van der Waals surface area contributed by atoms with Gasteiger partial charge in [0.05, 0.1) is 19.4 Å². The highest BCUT2D eigenvalue weighted by molar-refractivity contribution is 7.53. The van der Waals surface area contributed by atoms with Crippen molar-refractivity contribution < 1.29 is 28.3 Å². The molecule has 8 heteroatoms. The van der Waals surface area contributed by atoms with E-state index in [9.17, 15) is 19.3 Å². The fraction of sp³-hybridized carbons (Fsp3) is 0.600. The molecule has 0 bridgehead atoms. The molecule has 0 unspecified atom stereocenters. The van der Waals surface area contributed by atoms with Crippen molar-refractivity contribution in [2.24, 2.45) is 5.92 Å². The number of rotatable bonds is 10. The number of aliphatic carboxylic acids is 1. The molecule has 1 atom stereocenters. The molecule has 1 amide bonds. The minimum atomic E-state index is -3.21. The van der Waals surface area contributed by atoms with Gasteiger partial charge in [-0.3, -0.25) is 9.36 Å². The predicted octanol–water partition coefficient (Wildman–Crippen LogP) is 4.22. The minimum absolute atomic E-state index is 0.0299. The third-order valence-electron chi connectivity index (χ3n) is 4.92. The first kappa shape index (κ1) is 22.6. The third-order valence-corrected chi connectivity index (χ3v) is 6.97. The Bertz CT molecular complexity index is 689. The van der Waals surface area contributed by atoms with Gasteiger partial charge in [-0.15, -0.1) is 0 Å². The van der Waals surface area contributed by atoms with E-state index in [0.29, 0.717) is 5.56 Å². The Kier molecular flexibility index (Phi) is 8.67. The molecule has 0 heterocycles. The number of amides is 1. The molecule has 0 radical (unpaired) electrons. The topological polar surface area (TPSA) is 102 Å². The zero-order chi connectivity index (χ0) is 20.6. The van der Waals surface area contributed by atoms with E-state index in [1.807, 2.05) is 0 Å². The first-order valence-corrected chi connectivity index (χ1v) is 11.6. The van der Waals surface area contributed by atoms with Crippen molar-refractivity contribution in [1.82, 2.24) is 5.32 Å². The van der Waals surface area contributed by atoms with Crippen LogP contribution in [0.25, 0.3) is 0 Å². The van der Waals surface area contributed by atoms with Crippen LogP contribution in [-0.2, 0) is 24.6 Å². The normalized spacial score (nSPS) is 16.5. The van der Waals surface area contributed by atoms with Gasteiger partial charge < -0.3 is 19.5 Å². The van der Waals surface area contributed by atoms with Crippen LogP contribution < -0.4 is 5.32 Å². The number of nitrogens with one attached hydrogen (secondary N) is 1. The minimum Gasteiger partial charge on any atom is -0.480 e. The maximum Gasteiger partial charge on any atom is 0.335 e. The Morgan fingerprint density at radius 2 is 1.68 bits per heavy atom. The van der Waals surface area contributed by atoms with E-state index in [2.05, 4.69) is 5.32 Å². The van der Waals surface area contributed by atoms with E-state index in [4.69, 9.17) is 9.05 Å². The molecule has 0 saturated heterocycles. The van der Waals surface area contributed by atoms with E-state index in [-0.39, 0.29) is 25.3 Å². The molecular formula is C20H30NO6P. The number of hydrogen-bond donors (Lipinski definition) is 2. The van der Waals surface area contributed by atoms with Gasteiger partial charge in [-0.25, -0.2) is 4.79 Å². The molecule has 1 aromatic rings. The first-order chi connectivity index (χ1) is 13.4. The van der Waals surface area contributed by atoms with E-state index in [1.54, 1.807) is 38.1 Å². The molecule has 0 aliphatic heterocycles. The quantitative estimate of drug-likeness (QED) is 0.559. The Morgan fingerprint density at radius 1 is 1.11 bits per heavy atom. The molecule has 156 valence electrons. The van der Waals surface area contributed by atoms with Gasteiger partial charge >= 0.3 is 13.6 Å². The lowest BCUT2D eigenvalue weighted by molar-refractivity contribution is -0.141. The van der Waals surface area contributed by atoms with Crippen LogP contribution in [0.3, 0.4) is 0 Å². The monoisotopic (exact) mass is 411 g/mol. The Morgan fingerprint density at radius 3 is 2.18 bits per heavy atom. The summed E-state index contributed by atoms with van der Waals surface area (Å²) in [7, 11) is -3.21. The summed E-state index contributed by atoms with van der Waals surface area (Å²) >= 11 is 0. The molecule has 0 aromatic heterocycles. The van der Waals surface area contributed by atoms with Gasteiger partial charge in [0.2, 0.25) is 0 Å². The molecule has 2 N–H and O–H groups in total. The second kappa shape index (κ2) is 10.7. The zero-order valence-electron chi connectivity index (χ0n) is 16.6. The highest BCUT2D eigenvalue weighted by Crippen LogP contribution is 2.51. The van der Waals surface area contributed by atoms with Crippen LogP contribution in [-0.4, -0.2) is 36.2 Å². The fourth-order valence-corrected chi connectivity index (χ4v) is 5.28. The molecule has 2 rings (SSSR count). The maximum atomic E-state index is 12.6. The summed E-state index contributed by atoms with van der Waals surface area (Å²) in [4.78, 5) is 24.2. The molecule has 0 spiro atoms. The average molecular weight is 411 g/mol. The lowest BCUT2D eigenvalue weighted by atomic mass is 9.84. The van der Waals surface area contributed by atoms with E-state index < -0.39 is 25.5 Å². The summed E-state index contributed by atoms with van der Waals surface area (Å²) in [5.74, 6) is -1.44. The summed E-state index contributed by atoms with van der Waals surface area (Å²) < 4.78 is 23.2. The summed E-state index contributed by atoms with van der Waals surface area (Å²) in [6.45, 7) is 4.08. The molecule has 1 aliphatic rings. The summed E-state index contributed by atoms with van der Waals surface area (Å²) in [5, 5.41) is 12.2. The van der Waals surface area contributed by atoms with Crippen LogP contribution in [0.15, 0.2) is 24.3 Å². The van der Waals surface area contributed by atoms with Crippen LogP contribution in [0.5, 0.6) is 0 Å². The molecule has 1 saturated carbocycles. The molecule has 1 aromatic carbocycles. The summed E-state index contributed by atoms with van der Waals surface area (Å²) in [6, 6.07) is 5.72. The van der Waals surface area contributed by atoms with E-state index >= 15 is 0 Å². The highest BCUT2D eigenvalue weighted by Gasteiger charge is 2.31. The van der Waals surface area contributed by atoms with Crippen molar-refractivity contribution in [3.05, 3.63) is 35.4 Å². The number of carboxylic acid groups (broad SMARTS) is 1. The van der Waals surface area contributed by atoms with Crippen molar-refractivity contribution >= 4 is 19.5 Å². The maximum absolute atomic E-state index is 12.6. The van der Waals surface area contributed by atoms with Crippen molar-refractivity contribution in [3.8, 4) is 0 Å². The van der Waals surface area contributed by atoms with Crippen LogP contribution in [0, 0.1) is 5.92 Å². The fourth-order valence-electron chi connectivity index (χ4n) is 3.58. The number of hydrogen-bond acceptors (Lipinski definition) is 5. The standard InChI is InChI=1S/C20H30NO6P/c1-3-26-28(25,27-4-2)14-15-10-12-17(13-11-15)19(22)21-18(20(23)24)16-8-6-5-7-9-16/h10-13,16,18H,3-9,14H2,1-2H3,(H,21,22)(H,23,24)/t18-/m0/s1. The van der Waals surface area contributed by atoms with Crippen molar-refractivity contribution in [2.45, 2.75) is 58.2 Å². The van der Waals surface area contributed by atoms with Gasteiger partial charge in [-0.2, -0.15) is 0 Å². The SMILES string of the molecule is CCOP(=O)(Cc1ccc(C(=O)N[C@H](C(=O)O)C2CCCCC2)cc1)OCC. The summed E-state index contributed by atoms with van der Waals surface area (Å²) in [6.07, 6.45) is 4.88. The lowest BCUT2D eigenvalue weighted by Crippen LogP contribution is -2.46. The van der Waals surface area contributed by atoms with Gasteiger partial charge in [0.15, 0.2) is 0 Å². The summed E-state index contributed by atoms with van der Waals surface area (Å²) in [5.41, 5.74) is 1.09. The first-order valence-electron chi connectivity index (χ1n) is 9.89. The Labute approximate surface area is 166 Å². The highest BCUT2D eigenvalue weighted by atomic mass is 31.2. The van der Waals surface area contributed by atoms with Crippen LogP contribution in [0.1, 0.15) is 61.9 Å². The predicted molar refractivity (Wildman–Crippen MR) is 106 cm³/mol. The molecular weight excluding hydrogens is 381 g/mol. The van der Waals surface area contributed by atoms with Crippen LogP contribution >= 0.6 is 7.60 Å². The van der Waals surface area contributed by atoms with Crippen molar-refractivity contribution in [1.29, 1.82) is 0 Å². The van der Waals surface area contributed by atoms with E-state index in [1.165, 1.54) is 0 Å². The van der Waals surface area contributed by atoms with Gasteiger partial charge in [0, 0.05) is 5.56 Å². The largest absolute Gasteiger partial charge is 0.480 e. The van der Waals surface area contributed by atoms with Crippen LogP contribution in [0.4, 0.5) is 0 Å². The Balaban J connectivity index is 2.03. The van der Waals surface area contributed by atoms with Crippen molar-refractivity contribution in [2.75, 3.05) is 13.2 Å². The zero-order valence-corrected chi connectivity index (χ0v) is 17.5.